The molecule has 104 valence electrons. The van der Waals surface area contributed by atoms with Crippen LogP contribution in [0.4, 0.5) is 0 Å². The molecule has 0 bridgehead atoms. The predicted molar refractivity (Wildman–Crippen MR) is 78.4 cm³/mol. The van der Waals surface area contributed by atoms with Gasteiger partial charge in [0, 0.05) is 0 Å². The van der Waals surface area contributed by atoms with Gasteiger partial charge in [-0.1, -0.05) is 34.6 Å². The first kappa shape index (κ1) is 16.9. The van der Waals surface area contributed by atoms with Crippen LogP contribution in [0.5, 0.6) is 0 Å². The van der Waals surface area contributed by atoms with Crippen molar-refractivity contribution in [3.05, 3.63) is 0 Å². The predicted octanol–water partition coefficient (Wildman–Crippen LogP) is 3.97. The fourth-order valence-electron chi connectivity index (χ4n) is 2.72. The Hall–Kier alpha value is -0.0800. The third-order valence-corrected chi connectivity index (χ3v) is 3.25. The van der Waals surface area contributed by atoms with Crippen LogP contribution < -0.4 is 0 Å². The molecule has 0 aliphatic rings. The van der Waals surface area contributed by atoms with Crippen molar-refractivity contribution in [1.29, 1.82) is 0 Å². The van der Waals surface area contributed by atoms with Gasteiger partial charge < -0.3 is 0 Å². The average molecular weight is 242 g/mol. The fraction of sp³-hybridized carbons (Fsp3) is 1.00. The molecule has 17 heavy (non-hydrogen) atoms. The van der Waals surface area contributed by atoms with E-state index in [-0.39, 0.29) is 0 Å². The summed E-state index contributed by atoms with van der Waals surface area (Å²) < 4.78 is 0. The van der Waals surface area contributed by atoms with E-state index >= 15 is 0 Å². The Balaban J connectivity index is 4.55. The number of nitrogens with zero attached hydrogens (tertiary/aromatic N) is 2. The second kappa shape index (κ2) is 11.0. The van der Waals surface area contributed by atoms with Gasteiger partial charge in [-0.25, -0.2) is 0 Å². The van der Waals surface area contributed by atoms with Gasteiger partial charge in [-0.15, -0.1) is 0 Å². The molecule has 0 atom stereocenters. The Bertz CT molecular complexity index is 131. The highest BCUT2D eigenvalue weighted by molar-refractivity contribution is 4.72. The Morgan fingerprint density at radius 1 is 0.588 bits per heavy atom. The van der Waals surface area contributed by atoms with Crippen molar-refractivity contribution in [2.24, 2.45) is 0 Å². The number of hydrogen-bond donors (Lipinski definition) is 0. The summed E-state index contributed by atoms with van der Waals surface area (Å²) in [6.07, 6.45) is 6.98. The molecule has 2 heteroatoms. The molecule has 0 N–H and O–H groups in total. The van der Waals surface area contributed by atoms with Gasteiger partial charge in [0.05, 0.1) is 6.17 Å². The Morgan fingerprint density at radius 3 is 1.06 bits per heavy atom. The molecule has 0 saturated heterocycles. The molecule has 0 saturated carbocycles. The summed E-state index contributed by atoms with van der Waals surface area (Å²) in [6.45, 7) is 16.5. The summed E-state index contributed by atoms with van der Waals surface area (Å²) in [7, 11) is 0. The lowest BCUT2D eigenvalue weighted by atomic mass is 10.2. The first-order chi connectivity index (χ1) is 8.24. The highest BCUT2D eigenvalue weighted by atomic mass is 15.3. The molecule has 0 fully saturated rings. The maximum absolute atomic E-state index is 2.69. The van der Waals surface area contributed by atoms with Crippen LogP contribution in [0.1, 0.15) is 66.7 Å². The molecule has 0 aromatic heterocycles. The first-order valence-corrected chi connectivity index (χ1v) is 7.73. The third-order valence-electron chi connectivity index (χ3n) is 3.25. The fourth-order valence-corrected chi connectivity index (χ4v) is 2.72. The van der Waals surface area contributed by atoms with E-state index in [1.165, 1.54) is 58.3 Å². The first-order valence-electron chi connectivity index (χ1n) is 7.73. The van der Waals surface area contributed by atoms with Crippen LogP contribution in [-0.2, 0) is 0 Å². The molecule has 0 spiro atoms. The van der Waals surface area contributed by atoms with Crippen LogP contribution in [0.25, 0.3) is 0 Å². The Labute approximate surface area is 109 Å². The van der Waals surface area contributed by atoms with Gasteiger partial charge in [-0.05, 0) is 58.3 Å². The molecule has 0 aromatic carbocycles. The summed E-state index contributed by atoms with van der Waals surface area (Å²) in [5.41, 5.74) is 0. The molecular weight excluding hydrogens is 208 g/mol. The zero-order chi connectivity index (χ0) is 13.1. The van der Waals surface area contributed by atoms with E-state index in [9.17, 15) is 0 Å². The minimum atomic E-state index is 0.662. The van der Waals surface area contributed by atoms with E-state index in [0.717, 1.165) is 0 Å². The molecular formula is C15H34N2. The van der Waals surface area contributed by atoms with E-state index in [4.69, 9.17) is 0 Å². The lowest BCUT2D eigenvalue weighted by Gasteiger charge is -2.39. The second-order valence-corrected chi connectivity index (χ2v) is 4.96. The van der Waals surface area contributed by atoms with Gasteiger partial charge in [-0.2, -0.15) is 0 Å². The Morgan fingerprint density at radius 2 is 0.882 bits per heavy atom. The van der Waals surface area contributed by atoms with Crippen LogP contribution >= 0.6 is 0 Å². The smallest absolute Gasteiger partial charge is 0.0619 e. The molecule has 0 radical (unpaired) electrons. The highest BCUT2D eigenvalue weighted by Crippen LogP contribution is 2.13. The van der Waals surface area contributed by atoms with E-state index in [2.05, 4.69) is 44.4 Å². The molecule has 0 aliphatic heterocycles. The second-order valence-electron chi connectivity index (χ2n) is 4.96. The van der Waals surface area contributed by atoms with Gasteiger partial charge in [0.2, 0.25) is 0 Å². The molecule has 0 unspecified atom stereocenters. The van der Waals surface area contributed by atoms with Crippen molar-refractivity contribution in [3.8, 4) is 0 Å². The van der Waals surface area contributed by atoms with Crippen molar-refractivity contribution in [2.45, 2.75) is 72.9 Å². The van der Waals surface area contributed by atoms with Crippen molar-refractivity contribution >= 4 is 0 Å². The lowest BCUT2D eigenvalue weighted by molar-refractivity contribution is 0.0382. The summed E-state index contributed by atoms with van der Waals surface area (Å²) in [5.74, 6) is 0. The van der Waals surface area contributed by atoms with Gasteiger partial charge in [0.25, 0.3) is 0 Å². The van der Waals surface area contributed by atoms with Crippen molar-refractivity contribution in [3.63, 3.8) is 0 Å². The zero-order valence-electron chi connectivity index (χ0n) is 12.8. The van der Waals surface area contributed by atoms with Gasteiger partial charge >= 0.3 is 0 Å². The molecule has 0 amide bonds. The van der Waals surface area contributed by atoms with Gasteiger partial charge in [-0.3, -0.25) is 9.80 Å². The largest absolute Gasteiger partial charge is 0.288 e. The monoisotopic (exact) mass is 242 g/mol. The van der Waals surface area contributed by atoms with E-state index in [1.54, 1.807) is 0 Å². The van der Waals surface area contributed by atoms with Crippen molar-refractivity contribution < 1.29 is 0 Å². The van der Waals surface area contributed by atoms with Gasteiger partial charge in [0.15, 0.2) is 0 Å². The number of hydrogen-bond acceptors (Lipinski definition) is 2. The van der Waals surface area contributed by atoms with Gasteiger partial charge in [0.1, 0.15) is 0 Å². The summed E-state index contributed by atoms with van der Waals surface area (Å²) in [5, 5.41) is 0. The SMILES string of the molecule is CCCN(CCC)C(CC)N(CCC)CCC. The van der Waals surface area contributed by atoms with Crippen molar-refractivity contribution in [1.82, 2.24) is 9.80 Å². The lowest BCUT2D eigenvalue weighted by Crippen LogP contribution is -2.49. The summed E-state index contributed by atoms with van der Waals surface area (Å²) in [6, 6.07) is 0. The van der Waals surface area contributed by atoms with Crippen LogP contribution in [0.3, 0.4) is 0 Å². The topological polar surface area (TPSA) is 6.48 Å². The van der Waals surface area contributed by atoms with Crippen LogP contribution in [0.15, 0.2) is 0 Å². The standard InChI is InChI=1S/C15H34N2/c1-6-11-16(12-7-2)15(10-5)17(13-8-3)14-9-4/h15H,6-14H2,1-5H3. The molecule has 0 heterocycles. The van der Waals surface area contributed by atoms with E-state index in [0.29, 0.717) is 6.17 Å². The normalized spacial score (nSPS) is 12.0. The van der Waals surface area contributed by atoms with E-state index in [1.807, 2.05) is 0 Å². The summed E-state index contributed by atoms with van der Waals surface area (Å²) in [4.78, 5) is 5.37. The van der Waals surface area contributed by atoms with Crippen molar-refractivity contribution in [2.75, 3.05) is 26.2 Å². The molecule has 0 aliphatic carbocycles. The minimum absolute atomic E-state index is 0.662. The Kier molecular flexibility index (Phi) is 11.0. The van der Waals surface area contributed by atoms with E-state index < -0.39 is 0 Å². The maximum atomic E-state index is 2.69. The average Bonchev–Trinajstić information content (AvgIpc) is 2.31. The molecule has 0 aromatic rings. The third kappa shape index (κ3) is 6.42. The zero-order valence-corrected chi connectivity index (χ0v) is 12.8. The molecule has 0 rings (SSSR count). The number of rotatable bonds is 11. The molecule has 2 nitrogen and oxygen atoms in total. The summed E-state index contributed by atoms with van der Waals surface area (Å²) >= 11 is 0. The van der Waals surface area contributed by atoms with Crippen LogP contribution in [-0.4, -0.2) is 42.1 Å². The minimum Gasteiger partial charge on any atom is -0.288 e. The van der Waals surface area contributed by atoms with Crippen LogP contribution in [0.2, 0.25) is 0 Å². The van der Waals surface area contributed by atoms with Crippen LogP contribution in [0, 0.1) is 0 Å². The highest BCUT2D eigenvalue weighted by Gasteiger charge is 2.21. The quantitative estimate of drug-likeness (QED) is 0.506. The maximum Gasteiger partial charge on any atom is 0.0619 e.